The van der Waals surface area contributed by atoms with Gasteiger partial charge in [-0.05, 0) is 25.1 Å². The Morgan fingerprint density at radius 2 is 1.92 bits per heavy atom. The third-order valence-electron chi connectivity index (χ3n) is 4.77. The molecule has 0 atom stereocenters. The highest BCUT2D eigenvalue weighted by Crippen LogP contribution is 2.15. The smallest absolute Gasteiger partial charge is 0.272 e. The molecule has 0 spiro atoms. The molecular formula is C18H22N6O. The summed E-state index contributed by atoms with van der Waals surface area (Å²) < 4.78 is 3.83. The Labute approximate surface area is 146 Å². The van der Waals surface area contributed by atoms with Crippen molar-refractivity contribution in [1.29, 1.82) is 0 Å². The summed E-state index contributed by atoms with van der Waals surface area (Å²) in [4.78, 5) is 21.8. The first-order valence-corrected chi connectivity index (χ1v) is 8.65. The summed E-state index contributed by atoms with van der Waals surface area (Å²) in [6, 6.07) is 7.73. The van der Waals surface area contributed by atoms with E-state index in [0.29, 0.717) is 5.69 Å². The molecule has 1 aliphatic rings. The number of carbonyl (C=O) groups is 1. The second-order valence-corrected chi connectivity index (χ2v) is 6.38. The van der Waals surface area contributed by atoms with Crippen LogP contribution in [0.5, 0.6) is 0 Å². The number of aromatic nitrogens is 4. The topological polar surface area (TPSA) is 58.7 Å². The van der Waals surface area contributed by atoms with E-state index in [-0.39, 0.29) is 5.91 Å². The summed E-state index contributed by atoms with van der Waals surface area (Å²) in [6.07, 6.45) is 5.69. The number of hydrogen-bond acceptors (Lipinski definition) is 4. The first-order valence-electron chi connectivity index (χ1n) is 8.65. The van der Waals surface area contributed by atoms with Crippen LogP contribution in [-0.4, -0.2) is 67.6 Å². The lowest BCUT2D eigenvalue weighted by Gasteiger charge is -2.34. The van der Waals surface area contributed by atoms with Crippen molar-refractivity contribution in [3.05, 3.63) is 54.2 Å². The third kappa shape index (κ3) is 3.15. The number of rotatable bonds is 4. The predicted molar refractivity (Wildman–Crippen MR) is 94.5 cm³/mol. The third-order valence-corrected chi connectivity index (χ3v) is 4.77. The van der Waals surface area contributed by atoms with E-state index >= 15 is 0 Å². The molecule has 0 aliphatic carbocycles. The molecule has 7 heteroatoms. The van der Waals surface area contributed by atoms with E-state index in [1.807, 2.05) is 57.6 Å². The summed E-state index contributed by atoms with van der Waals surface area (Å²) in [5.41, 5.74) is 2.29. The monoisotopic (exact) mass is 338 g/mol. The first-order chi connectivity index (χ1) is 12.2. The average molecular weight is 338 g/mol. The Morgan fingerprint density at radius 3 is 2.68 bits per heavy atom. The lowest BCUT2D eigenvalue weighted by Crippen LogP contribution is -2.49. The van der Waals surface area contributed by atoms with E-state index in [2.05, 4.69) is 15.0 Å². The van der Waals surface area contributed by atoms with Crippen LogP contribution in [0.4, 0.5) is 0 Å². The van der Waals surface area contributed by atoms with E-state index in [1.54, 1.807) is 6.20 Å². The normalized spacial score (nSPS) is 15.8. The SMILES string of the molecule is Cc1nc2ccccn2c1C(=O)N1CCN(CCn2cccn2)CC1. The van der Waals surface area contributed by atoms with Crippen LogP contribution >= 0.6 is 0 Å². The highest BCUT2D eigenvalue weighted by Gasteiger charge is 2.25. The minimum Gasteiger partial charge on any atom is -0.335 e. The number of piperazine rings is 1. The highest BCUT2D eigenvalue weighted by atomic mass is 16.2. The first kappa shape index (κ1) is 15.8. The zero-order valence-electron chi connectivity index (χ0n) is 14.4. The molecule has 0 aromatic carbocycles. The Hall–Kier alpha value is -2.67. The number of carbonyl (C=O) groups excluding carboxylic acids is 1. The molecular weight excluding hydrogens is 316 g/mol. The van der Waals surface area contributed by atoms with Gasteiger partial charge in [-0.2, -0.15) is 5.10 Å². The van der Waals surface area contributed by atoms with Crippen molar-refractivity contribution >= 4 is 11.6 Å². The van der Waals surface area contributed by atoms with Crippen molar-refractivity contribution in [3.8, 4) is 0 Å². The predicted octanol–water partition coefficient (Wildman–Crippen LogP) is 1.30. The molecule has 4 rings (SSSR count). The number of aryl methyl sites for hydroxylation is 1. The molecule has 1 saturated heterocycles. The van der Waals surface area contributed by atoms with Crippen molar-refractivity contribution < 1.29 is 4.79 Å². The van der Waals surface area contributed by atoms with Crippen LogP contribution in [0, 0.1) is 6.92 Å². The number of pyridine rings is 1. The Morgan fingerprint density at radius 1 is 1.08 bits per heavy atom. The van der Waals surface area contributed by atoms with Crippen LogP contribution in [-0.2, 0) is 6.54 Å². The summed E-state index contributed by atoms with van der Waals surface area (Å²) in [5.74, 6) is 0.0722. The lowest BCUT2D eigenvalue weighted by molar-refractivity contribution is 0.0624. The molecule has 0 saturated carbocycles. The van der Waals surface area contributed by atoms with Gasteiger partial charge >= 0.3 is 0 Å². The van der Waals surface area contributed by atoms with Gasteiger partial charge in [-0.15, -0.1) is 0 Å². The van der Waals surface area contributed by atoms with Gasteiger partial charge in [0.25, 0.3) is 5.91 Å². The summed E-state index contributed by atoms with van der Waals surface area (Å²) in [6.45, 7) is 7.02. The van der Waals surface area contributed by atoms with Crippen molar-refractivity contribution in [2.45, 2.75) is 13.5 Å². The molecule has 7 nitrogen and oxygen atoms in total. The maximum Gasteiger partial charge on any atom is 0.272 e. The highest BCUT2D eigenvalue weighted by molar-refractivity contribution is 5.94. The largest absolute Gasteiger partial charge is 0.335 e. The van der Waals surface area contributed by atoms with Crippen LogP contribution in [0.25, 0.3) is 5.65 Å². The van der Waals surface area contributed by atoms with Crippen molar-refractivity contribution in [2.75, 3.05) is 32.7 Å². The molecule has 3 aromatic rings. The molecule has 1 amide bonds. The zero-order valence-corrected chi connectivity index (χ0v) is 14.4. The number of hydrogen-bond donors (Lipinski definition) is 0. The molecule has 0 N–H and O–H groups in total. The van der Waals surface area contributed by atoms with Gasteiger partial charge in [-0.1, -0.05) is 6.07 Å². The molecule has 1 aliphatic heterocycles. The number of amides is 1. The van der Waals surface area contributed by atoms with Gasteiger partial charge in [-0.25, -0.2) is 4.98 Å². The van der Waals surface area contributed by atoms with Crippen molar-refractivity contribution in [3.63, 3.8) is 0 Å². The molecule has 1 fully saturated rings. The van der Waals surface area contributed by atoms with Gasteiger partial charge in [0.2, 0.25) is 0 Å². The summed E-state index contributed by atoms with van der Waals surface area (Å²) in [7, 11) is 0. The van der Waals surface area contributed by atoms with Gasteiger partial charge in [0.05, 0.1) is 12.2 Å². The number of imidazole rings is 1. The zero-order chi connectivity index (χ0) is 17.2. The van der Waals surface area contributed by atoms with E-state index < -0.39 is 0 Å². The molecule has 0 unspecified atom stereocenters. The van der Waals surface area contributed by atoms with Gasteiger partial charge in [0, 0.05) is 51.3 Å². The summed E-state index contributed by atoms with van der Waals surface area (Å²) >= 11 is 0. The molecule has 4 heterocycles. The van der Waals surface area contributed by atoms with E-state index in [1.165, 1.54) is 0 Å². The van der Waals surface area contributed by atoms with Gasteiger partial charge in [0.1, 0.15) is 11.3 Å². The standard InChI is InChI=1S/C18H22N6O/c1-15-17(24-8-3-2-5-16(24)20-15)18(25)22-12-9-21(10-13-22)11-14-23-7-4-6-19-23/h2-8H,9-14H2,1H3. The van der Waals surface area contributed by atoms with Crippen LogP contribution < -0.4 is 0 Å². The molecule has 0 radical (unpaired) electrons. The Kier molecular flexibility index (Phi) is 4.23. The second kappa shape index (κ2) is 6.68. The van der Waals surface area contributed by atoms with Gasteiger partial charge in [0.15, 0.2) is 0 Å². The van der Waals surface area contributed by atoms with E-state index in [9.17, 15) is 4.79 Å². The van der Waals surface area contributed by atoms with Gasteiger partial charge in [-0.3, -0.25) is 18.8 Å². The quantitative estimate of drug-likeness (QED) is 0.719. The minimum atomic E-state index is 0.0722. The van der Waals surface area contributed by atoms with Crippen LogP contribution in [0.1, 0.15) is 16.2 Å². The van der Waals surface area contributed by atoms with Crippen LogP contribution in [0.2, 0.25) is 0 Å². The van der Waals surface area contributed by atoms with Crippen molar-refractivity contribution in [1.82, 2.24) is 29.0 Å². The van der Waals surface area contributed by atoms with Crippen molar-refractivity contribution in [2.24, 2.45) is 0 Å². The van der Waals surface area contributed by atoms with Crippen LogP contribution in [0.3, 0.4) is 0 Å². The summed E-state index contributed by atoms with van der Waals surface area (Å²) in [5, 5.41) is 4.23. The fraction of sp³-hybridized carbons (Fsp3) is 0.389. The molecule has 3 aromatic heterocycles. The number of nitrogens with zero attached hydrogens (tertiary/aromatic N) is 6. The fourth-order valence-corrected chi connectivity index (χ4v) is 3.37. The fourth-order valence-electron chi connectivity index (χ4n) is 3.37. The number of fused-ring (bicyclic) bond motifs is 1. The maximum atomic E-state index is 13.0. The Balaban J connectivity index is 1.40. The van der Waals surface area contributed by atoms with Gasteiger partial charge < -0.3 is 4.90 Å². The second-order valence-electron chi connectivity index (χ2n) is 6.38. The maximum absolute atomic E-state index is 13.0. The lowest BCUT2D eigenvalue weighted by atomic mass is 10.2. The average Bonchev–Trinajstić information content (AvgIpc) is 3.26. The Bertz CT molecular complexity index is 861. The molecule has 25 heavy (non-hydrogen) atoms. The molecule has 0 bridgehead atoms. The molecule has 130 valence electrons. The van der Waals surface area contributed by atoms with E-state index in [0.717, 1.165) is 50.6 Å². The van der Waals surface area contributed by atoms with E-state index in [4.69, 9.17) is 0 Å². The minimum absolute atomic E-state index is 0.0722. The van der Waals surface area contributed by atoms with Crippen LogP contribution in [0.15, 0.2) is 42.9 Å².